The third-order valence-electron chi connectivity index (χ3n) is 4.16. The van der Waals surface area contributed by atoms with E-state index in [4.69, 9.17) is 0 Å². The van der Waals surface area contributed by atoms with E-state index in [0.717, 1.165) is 4.47 Å². The van der Waals surface area contributed by atoms with E-state index < -0.39 is 17.3 Å². The molecule has 2 fully saturated rings. The van der Waals surface area contributed by atoms with Crippen LogP contribution in [0.15, 0.2) is 22.7 Å². The van der Waals surface area contributed by atoms with Crippen molar-refractivity contribution >= 4 is 27.7 Å². The molecular formula is C13H11BrFNO2. The molecule has 5 heteroatoms. The molecule has 0 bridgehead atoms. The van der Waals surface area contributed by atoms with Crippen LogP contribution in [-0.2, 0) is 15.0 Å². The van der Waals surface area contributed by atoms with E-state index in [0.29, 0.717) is 12.0 Å². The van der Waals surface area contributed by atoms with Gasteiger partial charge in [0.1, 0.15) is 5.82 Å². The zero-order valence-corrected chi connectivity index (χ0v) is 11.3. The van der Waals surface area contributed by atoms with Gasteiger partial charge in [-0.3, -0.25) is 14.9 Å². The fraction of sp³-hybridized carbons (Fsp3) is 0.385. The molecule has 94 valence electrons. The molecule has 1 N–H and O–H groups in total. The van der Waals surface area contributed by atoms with Gasteiger partial charge >= 0.3 is 0 Å². The molecule has 3 atom stereocenters. The first-order chi connectivity index (χ1) is 8.52. The molecule has 0 unspecified atom stereocenters. The first-order valence-electron chi connectivity index (χ1n) is 5.82. The van der Waals surface area contributed by atoms with Gasteiger partial charge in [-0.25, -0.2) is 4.39 Å². The van der Waals surface area contributed by atoms with E-state index in [9.17, 15) is 14.0 Å². The highest BCUT2D eigenvalue weighted by atomic mass is 79.9. The van der Waals surface area contributed by atoms with Crippen LogP contribution >= 0.6 is 15.9 Å². The maximum atomic E-state index is 14.0. The Hall–Kier alpha value is -1.23. The maximum absolute atomic E-state index is 14.0. The number of hydrogen-bond donors (Lipinski definition) is 1. The zero-order valence-electron chi connectivity index (χ0n) is 9.67. The number of imide groups is 1. The van der Waals surface area contributed by atoms with E-state index in [1.807, 2.05) is 6.92 Å². The summed E-state index contributed by atoms with van der Waals surface area (Å²) in [4.78, 5) is 23.4. The molecule has 1 heterocycles. The molecular weight excluding hydrogens is 301 g/mol. The first kappa shape index (κ1) is 11.8. The summed E-state index contributed by atoms with van der Waals surface area (Å²) in [5, 5.41) is 2.30. The van der Waals surface area contributed by atoms with Gasteiger partial charge in [0.2, 0.25) is 11.8 Å². The van der Waals surface area contributed by atoms with Crippen LogP contribution in [-0.4, -0.2) is 11.8 Å². The molecule has 1 saturated heterocycles. The quantitative estimate of drug-likeness (QED) is 0.851. The van der Waals surface area contributed by atoms with Gasteiger partial charge in [0.15, 0.2) is 0 Å². The highest BCUT2D eigenvalue weighted by molar-refractivity contribution is 9.10. The SMILES string of the molecule is CC[C@]1(c2cc(Br)ccc2F)[C@@H]2C(=O)NC(=O)[C@@H]21. The molecule has 2 amide bonds. The summed E-state index contributed by atoms with van der Waals surface area (Å²) in [5.74, 6) is -1.70. The lowest BCUT2D eigenvalue weighted by Crippen LogP contribution is -2.34. The lowest BCUT2D eigenvalue weighted by atomic mass is 9.87. The van der Waals surface area contributed by atoms with Crippen LogP contribution in [0, 0.1) is 17.7 Å². The molecule has 3 rings (SSSR count). The van der Waals surface area contributed by atoms with Gasteiger partial charge in [0, 0.05) is 9.89 Å². The van der Waals surface area contributed by atoms with Crippen molar-refractivity contribution in [3.63, 3.8) is 0 Å². The average molecular weight is 312 g/mol. The molecule has 0 spiro atoms. The fourth-order valence-corrected chi connectivity index (χ4v) is 3.67. The molecule has 1 aromatic rings. The molecule has 2 aliphatic rings. The molecule has 1 aromatic carbocycles. The normalized spacial score (nSPS) is 33.3. The van der Waals surface area contributed by atoms with Crippen molar-refractivity contribution in [2.24, 2.45) is 11.8 Å². The fourth-order valence-electron chi connectivity index (χ4n) is 3.31. The van der Waals surface area contributed by atoms with E-state index in [1.54, 1.807) is 12.1 Å². The number of nitrogens with one attached hydrogen (secondary N) is 1. The number of rotatable bonds is 2. The second-order valence-corrected chi connectivity index (χ2v) is 5.74. The van der Waals surface area contributed by atoms with Crippen molar-refractivity contribution in [1.29, 1.82) is 0 Å². The Labute approximate surface area is 112 Å². The van der Waals surface area contributed by atoms with Crippen LogP contribution < -0.4 is 5.32 Å². The van der Waals surface area contributed by atoms with Crippen LogP contribution in [0.25, 0.3) is 0 Å². The lowest BCUT2D eigenvalue weighted by molar-refractivity contribution is -0.128. The Balaban J connectivity index is 2.13. The number of fused-ring (bicyclic) bond motifs is 1. The van der Waals surface area contributed by atoms with Crippen molar-refractivity contribution in [3.05, 3.63) is 34.1 Å². The smallest absolute Gasteiger partial charge is 0.231 e. The monoisotopic (exact) mass is 311 g/mol. The molecule has 18 heavy (non-hydrogen) atoms. The van der Waals surface area contributed by atoms with Gasteiger partial charge in [-0.15, -0.1) is 0 Å². The van der Waals surface area contributed by atoms with Gasteiger partial charge < -0.3 is 0 Å². The highest BCUT2D eigenvalue weighted by Crippen LogP contribution is 2.65. The van der Waals surface area contributed by atoms with Crippen molar-refractivity contribution in [1.82, 2.24) is 5.32 Å². The van der Waals surface area contributed by atoms with Gasteiger partial charge in [-0.1, -0.05) is 22.9 Å². The predicted molar refractivity (Wildman–Crippen MR) is 66.2 cm³/mol. The van der Waals surface area contributed by atoms with Crippen molar-refractivity contribution in [2.45, 2.75) is 18.8 Å². The molecule has 1 aliphatic carbocycles. The van der Waals surface area contributed by atoms with Crippen LogP contribution in [0.3, 0.4) is 0 Å². The number of halogens is 2. The summed E-state index contributed by atoms with van der Waals surface area (Å²) in [6.07, 6.45) is 0.578. The highest BCUT2D eigenvalue weighted by Gasteiger charge is 2.75. The molecule has 3 nitrogen and oxygen atoms in total. The molecule has 0 aromatic heterocycles. The summed E-state index contributed by atoms with van der Waals surface area (Å²) in [6, 6.07) is 4.66. The Morgan fingerprint density at radius 3 is 2.50 bits per heavy atom. The predicted octanol–water partition coefficient (Wildman–Crippen LogP) is 2.14. The minimum absolute atomic E-state index is 0.272. The van der Waals surface area contributed by atoms with Crippen LogP contribution in [0.4, 0.5) is 4.39 Å². The first-order valence-corrected chi connectivity index (χ1v) is 6.62. The van der Waals surface area contributed by atoms with Crippen molar-refractivity contribution in [2.75, 3.05) is 0 Å². The van der Waals surface area contributed by atoms with Crippen LogP contribution in [0.1, 0.15) is 18.9 Å². The summed E-state index contributed by atoms with van der Waals surface area (Å²) in [7, 11) is 0. The number of piperidine rings is 1. The minimum atomic E-state index is -0.646. The standard InChI is InChI=1S/C13H11BrFNO2/c1-2-13(7-5-6(14)3-4-8(7)15)9-10(13)12(18)16-11(9)17/h3-5,9-10H,2H2,1H3,(H,16,17,18)/t9-,10+,13-. The number of benzene rings is 1. The van der Waals surface area contributed by atoms with Gasteiger partial charge in [0.05, 0.1) is 11.8 Å². The number of carbonyl (C=O) groups excluding carboxylic acids is 2. The number of carbonyl (C=O) groups is 2. The number of hydrogen-bond acceptors (Lipinski definition) is 2. The lowest BCUT2D eigenvalue weighted by Gasteiger charge is -2.19. The zero-order chi connectivity index (χ0) is 13.1. The Morgan fingerprint density at radius 2 is 1.94 bits per heavy atom. The Morgan fingerprint density at radius 1 is 1.33 bits per heavy atom. The Kier molecular flexibility index (Phi) is 2.39. The van der Waals surface area contributed by atoms with Crippen molar-refractivity contribution in [3.8, 4) is 0 Å². The third-order valence-corrected chi connectivity index (χ3v) is 4.65. The summed E-state index contributed by atoms with van der Waals surface area (Å²) in [6.45, 7) is 1.89. The molecule has 1 aliphatic heterocycles. The minimum Gasteiger partial charge on any atom is -0.296 e. The second kappa shape index (κ2) is 3.63. The van der Waals surface area contributed by atoms with Crippen molar-refractivity contribution < 1.29 is 14.0 Å². The summed E-state index contributed by atoms with van der Waals surface area (Å²) in [5.41, 5.74) is -0.176. The van der Waals surface area contributed by atoms with E-state index in [-0.39, 0.29) is 17.6 Å². The van der Waals surface area contributed by atoms with E-state index >= 15 is 0 Å². The third kappa shape index (κ3) is 1.28. The largest absolute Gasteiger partial charge is 0.296 e. The summed E-state index contributed by atoms with van der Waals surface area (Å²) < 4.78 is 14.7. The van der Waals surface area contributed by atoms with Crippen LogP contribution in [0.5, 0.6) is 0 Å². The number of amides is 2. The molecule has 0 radical (unpaired) electrons. The van der Waals surface area contributed by atoms with Crippen LogP contribution in [0.2, 0.25) is 0 Å². The average Bonchev–Trinajstić information content (AvgIpc) is 2.93. The van der Waals surface area contributed by atoms with Gasteiger partial charge in [-0.05, 0) is 30.2 Å². The maximum Gasteiger partial charge on any atom is 0.231 e. The Bertz CT molecular complexity index is 552. The van der Waals surface area contributed by atoms with E-state index in [1.165, 1.54) is 6.07 Å². The molecule has 1 saturated carbocycles. The van der Waals surface area contributed by atoms with Gasteiger partial charge in [0.25, 0.3) is 0 Å². The topological polar surface area (TPSA) is 46.2 Å². The second-order valence-electron chi connectivity index (χ2n) is 4.83. The van der Waals surface area contributed by atoms with E-state index in [2.05, 4.69) is 21.2 Å². The summed E-state index contributed by atoms with van der Waals surface area (Å²) >= 11 is 3.30. The van der Waals surface area contributed by atoms with Gasteiger partial charge in [-0.2, -0.15) is 0 Å².